The second kappa shape index (κ2) is 9.06. The zero-order chi connectivity index (χ0) is 17.5. The highest BCUT2D eigenvalue weighted by Crippen LogP contribution is 2.36. The van der Waals surface area contributed by atoms with Gasteiger partial charge in [0.1, 0.15) is 6.61 Å². The van der Waals surface area contributed by atoms with Crippen LogP contribution >= 0.6 is 15.9 Å². The van der Waals surface area contributed by atoms with Gasteiger partial charge in [-0.2, -0.15) is 0 Å². The monoisotopic (exact) mass is 393 g/mol. The maximum absolute atomic E-state index is 9.41. The fraction of sp³-hybridized carbons (Fsp3) is 0.368. The van der Waals surface area contributed by atoms with E-state index >= 15 is 0 Å². The molecule has 4 nitrogen and oxygen atoms in total. The minimum atomic E-state index is -0.397. The number of aliphatic hydroxyl groups is 1. The molecule has 0 aliphatic rings. The molecular formula is C19H24BrNO3. The number of ether oxygens (including phenoxy) is 2. The maximum Gasteiger partial charge on any atom is 0.167 e. The van der Waals surface area contributed by atoms with Crippen molar-refractivity contribution in [2.24, 2.45) is 0 Å². The summed E-state index contributed by atoms with van der Waals surface area (Å²) < 4.78 is 12.5. The number of hydrogen-bond acceptors (Lipinski definition) is 4. The zero-order valence-electron chi connectivity index (χ0n) is 14.3. The smallest absolute Gasteiger partial charge is 0.167 e. The van der Waals surface area contributed by atoms with Crippen molar-refractivity contribution in [3.63, 3.8) is 0 Å². The summed E-state index contributed by atoms with van der Waals surface area (Å²) in [5.74, 6) is 1.41. The standard InChI is InChI=1S/C19H24BrNO3/c1-13-4-6-15(7-5-13)12-24-19-16(11-21-10-14(2)22)17(20)8-9-18(19)23-3/h4-9,14,21-22H,10-12H2,1-3H3. The molecule has 5 heteroatoms. The number of rotatable bonds is 8. The van der Waals surface area contributed by atoms with E-state index < -0.39 is 6.10 Å². The van der Waals surface area contributed by atoms with Gasteiger partial charge in [-0.1, -0.05) is 45.8 Å². The summed E-state index contributed by atoms with van der Waals surface area (Å²) in [6.07, 6.45) is -0.397. The van der Waals surface area contributed by atoms with Crippen LogP contribution in [0.25, 0.3) is 0 Å². The third kappa shape index (κ3) is 5.23. The first kappa shape index (κ1) is 18.8. The van der Waals surface area contributed by atoms with Crippen LogP contribution in [0.4, 0.5) is 0 Å². The molecule has 0 amide bonds. The van der Waals surface area contributed by atoms with Gasteiger partial charge in [0.2, 0.25) is 0 Å². The molecule has 0 fully saturated rings. The summed E-state index contributed by atoms with van der Waals surface area (Å²) in [6.45, 7) is 5.37. The Labute approximate surface area is 151 Å². The Morgan fingerprint density at radius 1 is 1.17 bits per heavy atom. The topological polar surface area (TPSA) is 50.7 Å². The molecule has 130 valence electrons. The zero-order valence-corrected chi connectivity index (χ0v) is 15.9. The summed E-state index contributed by atoms with van der Waals surface area (Å²) in [4.78, 5) is 0. The first-order valence-electron chi connectivity index (χ1n) is 7.93. The molecule has 1 unspecified atom stereocenters. The second-order valence-electron chi connectivity index (χ2n) is 5.81. The highest BCUT2D eigenvalue weighted by Gasteiger charge is 2.15. The molecule has 2 aromatic carbocycles. The predicted molar refractivity (Wildman–Crippen MR) is 99.6 cm³/mol. The Balaban J connectivity index is 2.18. The summed E-state index contributed by atoms with van der Waals surface area (Å²) in [5.41, 5.74) is 3.30. The number of aryl methyl sites for hydroxylation is 1. The molecule has 24 heavy (non-hydrogen) atoms. The van der Waals surface area contributed by atoms with Gasteiger partial charge in [0.25, 0.3) is 0 Å². The molecule has 0 aliphatic heterocycles. The van der Waals surface area contributed by atoms with Crippen molar-refractivity contribution >= 4 is 15.9 Å². The third-order valence-corrected chi connectivity index (χ3v) is 4.38. The van der Waals surface area contributed by atoms with Crippen molar-refractivity contribution in [1.82, 2.24) is 5.32 Å². The minimum Gasteiger partial charge on any atom is -0.493 e. The van der Waals surface area contributed by atoms with Crippen molar-refractivity contribution in [3.8, 4) is 11.5 Å². The molecule has 0 bridgehead atoms. The molecule has 0 heterocycles. The molecule has 0 saturated carbocycles. The van der Waals surface area contributed by atoms with E-state index in [9.17, 15) is 5.11 Å². The lowest BCUT2D eigenvalue weighted by Gasteiger charge is -2.17. The maximum atomic E-state index is 9.41. The summed E-state index contributed by atoms with van der Waals surface area (Å²) >= 11 is 3.58. The van der Waals surface area contributed by atoms with E-state index in [1.165, 1.54) is 5.56 Å². The van der Waals surface area contributed by atoms with Gasteiger partial charge in [-0.25, -0.2) is 0 Å². The van der Waals surface area contributed by atoms with Crippen LogP contribution in [0.3, 0.4) is 0 Å². The van der Waals surface area contributed by atoms with Crippen molar-refractivity contribution < 1.29 is 14.6 Å². The van der Waals surface area contributed by atoms with Gasteiger partial charge in [0.05, 0.1) is 13.2 Å². The van der Waals surface area contributed by atoms with E-state index in [1.807, 2.05) is 12.1 Å². The lowest BCUT2D eigenvalue weighted by Crippen LogP contribution is -2.24. The van der Waals surface area contributed by atoms with E-state index in [0.717, 1.165) is 15.6 Å². The van der Waals surface area contributed by atoms with Gasteiger partial charge in [-0.05, 0) is 31.5 Å². The largest absolute Gasteiger partial charge is 0.493 e. The van der Waals surface area contributed by atoms with Crippen LogP contribution in [0.1, 0.15) is 23.6 Å². The second-order valence-corrected chi connectivity index (χ2v) is 6.67. The van der Waals surface area contributed by atoms with Gasteiger partial charge in [0, 0.05) is 23.1 Å². The highest BCUT2D eigenvalue weighted by molar-refractivity contribution is 9.10. The van der Waals surface area contributed by atoms with E-state index in [4.69, 9.17) is 9.47 Å². The Kier molecular flexibility index (Phi) is 7.09. The lowest BCUT2D eigenvalue weighted by atomic mass is 10.1. The SMILES string of the molecule is COc1ccc(Br)c(CNCC(C)O)c1OCc1ccc(C)cc1. The van der Waals surface area contributed by atoms with E-state index in [0.29, 0.717) is 31.2 Å². The number of halogens is 1. The van der Waals surface area contributed by atoms with Gasteiger partial charge < -0.3 is 19.9 Å². The molecule has 1 atom stereocenters. The van der Waals surface area contributed by atoms with Crippen molar-refractivity contribution in [3.05, 3.63) is 57.6 Å². The fourth-order valence-corrected chi connectivity index (χ4v) is 2.76. The van der Waals surface area contributed by atoms with Crippen LogP contribution in [-0.4, -0.2) is 24.9 Å². The molecule has 0 spiro atoms. The normalized spacial score (nSPS) is 12.0. The van der Waals surface area contributed by atoms with E-state index in [-0.39, 0.29) is 0 Å². The number of hydrogen-bond donors (Lipinski definition) is 2. The van der Waals surface area contributed by atoms with Crippen LogP contribution in [0, 0.1) is 6.92 Å². The minimum absolute atomic E-state index is 0.397. The van der Waals surface area contributed by atoms with Crippen molar-refractivity contribution in [2.75, 3.05) is 13.7 Å². The molecular weight excluding hydrogens is 370 g/mol. The quantitative estimate of drug-likeness (QED) is 0.715. The van der Waals surface area contributed by atoms with Crippen molar-refractivity contribution in [1.29, 1.82) is 0 Å². The van der Waals surface area contributed by atoms with Gasteiger partial charge >= 0.3 is 0 Å². The Morgan fingerprint density at radius 3 is 2.50 bits per heavy atom. The van der Waals surface area contributed by atoms with Crippen molar-refractivity contribution in [2.45, 2.75) is 33.1 Å². The number of aliphatic hydroxyl groups excluding tert-OH is 1. The number of methoxy groups -OCH3 is 1. The first-order valence-corrected chi connectivity index (χ1v) is 8.73. The van der Waals surface area contributed by atoms with E-state index in [1.54, 1.807) is 14.0 Å². The number of benzene rings is 2. The Bertz CT molecular complexity index is 656. The fourth-order valence-electron chi connectivity index (χ4n) is 2.31. The van der Waals surface area contributed by atoms with Crippen LogP contribution < -0.4 is 14.8 Å². The summed E-state index contributed by atoms with van der Waals surface area (Å²) in [5, 5.41) is 12.6. The first-order chi connectivity index (χ1) is 11.5. The summed E-state index contributed by atoms with van der Waals surface area (Å²) in [6, 6.07) is 12.1. The highest BCUT2D eigenvalue weighted by atomic mass is 79.9. The Morgan fingerprint density at radius 2 is 1.88 bits per heavy atom. The average molecular weight is 394 g/mol. The molecule has 0 saturated heterocycles. The average Bonchev–Trinajstić information content (AvgIpc) is 2.56. The molecule has 2 rings (SSSR count). The number of nitrogens with one attached hydrogen (secondary N) is 1. The van der Waals surface area contributed by atoms with Crippen LogP contribution in [-0.2, 0) is 13.2 Å². The van der Waals surface area contributed by atoms with Gasteiger partial charge in [0.15, 0.2) is 11.5 Å². The van der Waals surface area contributed by atoms with Gasteiger partial charge in [-0.15, -0.1) is 0 Å². The van der Waals surface area contributed by atoms with Crippen LogP contribution in [0.2, 0.25) is 0 Å². The molecule has 0 radical (unpaired) electrons. The van der Waals surface area contributed by atoms with Crippen LogP contribution in [0.5, 0.6) is 11.5 Å². The van der Waals surface area contributed by atoms with E-state index in [2.05, 4.69) is 52.4 Å². The molecule has 2 aromatic rings. The molecule has 2 N–H and O–H groups in total. The molecule has 0 aliphatic carbocycles. The third-order valence-electron chi connectivity index (χ3n) is 3.63. The van der Waals surface area contributed by atoms with Crippen LogP contribution in [0.15, 0.2) is 40.9 Å². The summed E-state index contributed by atoms with van der Waals surface area (Å²) in [7, 11) is 1.63. The van der Waals surface area contributed by atoms with Gasteiger partial charge in [-0.3, -0.25) is 0 Å². The lowest BCUT2D eigenvalue weighted by molar-refractivity contribution is 0.190. The Hall–Kier alpha value is -1.56. The predicted octanol–water partition coefficient (Wildman–Crippen LogP) is 3.82. The molecule has 0 aromatic heterocycles.